The maximum Gasteiger partial charge on any atom is 0.416 e. The van der Waals surface area contributed by atoms with Crippen LogP contribution in [0.15, 0.2) is 60.0 Å². The molecule has 2 aromatic carbocycles. The van der Waals surface area contributed by atoms with Crippen molar-refractivity contribution in [1.29, 1.82) is 0 Å². The van der Waals surface area contributed by atoms with Crippen molar-refractivity contribution in [2.24, 2.45) is 0 Å². The highest BCUT2D eigenvalue weighted by atomic mass is 32.2. The van der Waals surface area contributed by atoms with Gasteiger partial charge >= 0.3 is 6.18 Å². The van der Waals surface area contributed by atoms with Crippen LogP contribution in [0.4, 0.5) is 13.2 Å². The van der Waals surface area contributed by atoms with Gasteiger partial charge in [-0.3, -0.25) is 9.36 Å². The molecule has 9 heteroatoms. The summed E-state index contributed by atoms with van der Waals surface area (Å²) in [5, 5.41) is 8.70. The number of amides is 1. The number of carbonyl (C=O) groups excluding carboxylic acids is 1. The lowest BCUT2D eigenvalue weighted by molar-refractivity contribution is -0.137. The van der Waals surface area contributed by atoms with Crippen LogP contribution in [0.5, 0.6) is 0 Å². The molecule has 0 saturated heterocycles. The van der Waals surface area contributed by atoms with Crippen LogP contribution in [-0.4, -0.2) is 37.4 Å². The van der Waals surface area contributed by atoms with E-state index < -0.39 is 11.7 Å². The molecule has 1 aliphatic rings. The van der Waals surface area contributed by atoms with Crippen LogP contribution in [-0.2, 0) is 17.5 Å². The summed E-state index contributed by atoms with van der Waals surface area (Å²) in [7, 11) is 0. The van der Waals surface area contributed by atoms with Gasteiger partial charge in [0.15, 0.2) is 5.16 Å². The molecule has 162 valence electrons. The van der Waals surface area contributed by atoms with Crippen molar-refractivity contribution in [3.8, 4) is 5.69 Å². The van der Waals surface area contributed by atoms with Crippen molar-refractivity contribution in [1.82, 2.24) is 19.7 Å². The maximum absolute atomic E-state index is 12.9. The van der Waals surface area contributed by atoms with E-state index in [1.54, 1.807) is 11.2 Å². The van der Waals surface area contributed by atoms with Gasteiger partial charge in [-0.2, -0.15) is 13.2 Å². The summed E-state index contributed by atoms with van der Waals surface area (Å²) in [5.41, 5.74) is 2.05. The first kappa shape index (κ1) is 21.4. The van der Waals surface area contributed by atoms with Crippen LogP contribution in [0, 0.1) is 6.92 Å². The zero-order valence-electron chi connectivity index (χ0n) is 16.8. The van der Waals surface area contributed by atoms with Crippen molar-refractivity contribution in [3.63, 3.8) is 0 Å². The fourth-order valence-electron chi connectivity index (χ4n) is 3.22. The second-order valence-electron chi connectivity index (χ2n) is 7.56. The number of alkyl halides is 3. The summed E-state index contributed by atoms with van der Waals surface area (Å²) in [6.45, 7) is 2.31. The molecule has 0 bridgehead atoms. The Bertz CT molecular complexity index is 1040. The van der Waals surface area contributed by atoms with Gasteiger partial charge in [-0.05, 0) is 49.6 Å². The molecule has 0 atom stereocenters. The highest BCUT2D eigenvalue weighted by Crippen LogP contribution is 2.32. The standard InChI is InChI=1S/C22H21F3N4OS/c1-15-2-8-19(9-3-15)29-14-26-27-21(29)31-13-20(30)28(18-10-11-18)12-16-4-6-17(7-5-16)22(23,24)25/h2-9,14,18H,10-13H2,1H3. The quantitative estimate of drug-likeness (QED) is 0.486. The van der Waals surface area contributed by atoms with Crippen LogP contribution in [0.25, 0.3) is 5.69 Å². The van der Waals surface area contributed by atoms with Crippen molar-refractivity contribution >= 4 is 17.7 Å². The van der Waals surface area contributed by atoms with Gasteiger partial charge in [-0.15, -0.1) is 10.2 Å². The highest BCUT2D eigenvalue weighted by molar-refractivity contribution is 7.99. The third kappa shape index (κ3) is 5.28. The van der Waals surface area contributed by atoms with Gasteiger partial charge in [-0.25, -0.2) is 0 Å². The molecule has 1 amide bonds. The molecule has 1 saturated carbocycles. The summed E-state index contributed by atoms with van der Waals surface area (Å²) in [6.07, 6.45) is -0.930. The maximum atomic E-state index is 12.9. The van der Waals surface area contributed by atoms with E-state index in [0.29, 0.717) is 17.3 Å². The number of carbonyl (C=O) groups is 1. The van der Waals surface area contributed by atoms with Crippen LogP contribution in [0.2, 0.25) is 0 Å². The number of halogens is 3. The van der Waals surface area contributed by atoms with Gasteiger partial charge in [0.2, 0.25) is 5.91 Å². The minimum atomic E-state index is -4.37. The van der Waals surface area contributed by atoms with Gasteiger partial charge in [-0.1, -0.05) is 41.6 Å². The average Bonchev–Trinajstić information content (AvgIpc) is 3.48. The topological polar surface area (TPSA) is 51.0 Å². The second kappa shape index (κ2) is 8.74. The van der Waals surface area contributed by atoms with E-state index in [4.69, 9.17) is 0 Å². The van der Waals surface area contributed by atoms with Crippen LogP contribution in [0.1, 0.15) is 29.5 Å². The third-order valence-electron chi connectivity index (χ3n) is 5.10. The molecule has 31 heavy (non-hydrogen) atoms. The molecule has 1 fully saturated rings. The van der Waals surface area contributed by atoms with E-state index in [1.165, 1.54) is 23.9 Å². The third-order valence-corrected chi connectivity index (χ3v) is 6.02. The Morgan fingerprint density at radius 3 is 2.42 bits per heavy atom. The number of rotatable bonds is 7. The molecule has 5 nitrogen and oxygen atoms in total. The van der Waals surface area contributed by atoms with Gasteiger partial charge in [0.1, 0.15) is 6.33 Å². The van der Waals surface area contributed by atoms with E-state index in [1.807, 2.05) is 35.8 Å². The highest BCUT2D eigenvalue weighted by Gasteiger charge is 2.33. The van der Waals surface area contributed by atoms with Crippen LogP contribution >= 0.6 is 11.8 Å². The van der Waals surface area contributed by atoms with Crippen LogP contribution in [0.3, 0.4) is 0 Å². The number of thioether (sulfide) groups is 1. The van der Waals surface area contributed by atoms with Crippen molar-refractivity contribution < 1.29 is 18.0 Å². The van der Waals surface area contributed by atoms with E-state index in [9.17, 15) is 18.0 Å². The Hall–Kier alpha value is -2.81. The summed E-state index contributed by atoms with van der Waals surface area (Å²) in [4.78, 5) is 14.7. The smallest absolute Gasteiger partial charge is 0.335 e. The summed E-state index contributed by atoms with van der Waals surface area (Å²) in [6, 6.07) is 13.1. The SMILES string of the molecule is Cc1ccc(-n2cnnc2SCC(=O)N(Cc2ccc(C(F)(F)F)cc2)C2CC2)cc1. The molecule has 0 spiro atoms. The van der Waals surface area contributed by atoms with Crippen molar-refractivity contribution in [2.75, 3.05) is 5.75 Å². The Morgan fingerprint density at radius 2 is 1.81 bits per heavy atom. The van der Waals surface area contributed by atoms with Crippen molar-refractivity contribution in [2.45, 2.75) is 43.7 Å². The molecular weight excluding hydrogens is 425 g/mol. The monoisotopic (exact) mass is 446 g/mol. The molecule has 1 heterocycles. The number of nitrogens with zero attached hydrogens (tertiary/aromatic N) is 4. The van der Waals surface area contributed by atoms with E-state index >= 15 is 0 Å². The molecule has 0 N–H and O–H groups in total. The number of hydrogen-bond donors (Lipinski definition) is 0. The van der Waals surface area contributed by atoms with Crippen molar-refractivity contribution in [3.05, 3.63) is 71.5 Å². The molecular formula is C22H21F3N4OS. The predicted octanol–water partition coefficient (Wildman–Crippen LogP) is 4.88. The van der Waals surface area contributed by atoms with E-state index in [-0.39, 0.29) is 17.7 Å². The summed E-state index contributed by atoms with van der Waals surface area (Å²) in [5.74, 6) is 0.118. The lowest BCUT2D eigenvalue weighted by Gasteiger charge is -2.22. The van der Waals surface area contributed by atoms with Gasteiger partial charge in [0.05, 0.1) is 11.3 Å². The first-order valence-electron chi connectivity index (χ1n) is 9.87. The number of aromatic nitrogens is 3. The molecule has 3 aromatic rings. The summed E-state index contributed by atoms with van der Waals surface area (Å²) >= 11 is 1.30. The molecule has 1 aliphatic carbocycles. The average molecular weight is 446 g/mol. The number of aryl methyl sites for hydroxylation is 1. The predicted molar refractivity (Wildman–Crippen MR) is 112 cm³/mol. The number of hydrogen-bond acceptors (Lipinski definition) is 4. The Labute approximate surface area is 182 Å². The lowest BCUT2D eigenvalue weighted by atomic mass is 10.1. The largest absolute Gasteiger partial charge is 0.416 e. The first-order valence-corrected chi connectivity index (χ1v) is 10.9. The van der Waals surface area contributed by atoms with Gasteiger partial charge < -0.3 is 4.90 Å². The molecule has 1 aromatic heterocycles. The molecule has 0 aliphatic heterocycles. The van der Waals surface area contributed by atoms with Gasteiger partial charge in [0.25, 0.3) is 0 Å². The Kier molecular flexibility index (Phi) is 6.04. The minimum Gasteiger partial charge on any atom is -0.335 e. The van der Waals surface area contributed by atoms with E-state index in [0.717, 1.165) is 36.2 Å². The first-order chi connectivity index (χ1) is 14.8. The second-order valence-corrected chi connectivity index (χ2v) is 8.50. The summed E-state index contributed by atoms with van der Waals surface area (Å²) < 4.78 is 40.2. The fourth-order valence-corrected chi connectivity index (χ4v) is 4.03. The number of benzene rings is 2. The van der Waals surface area contributed by atoms with Gasteiger partial charge in [0, 0.05) is 18.3 Å². The Morgan fingerprint density at radius 1 is 1.13 bits per heavy atom. The van der Waals surface area contributed by atoms with Crippen LogP contribution < -0.4 is 0 Å². The normalized spacial score (nSPS) is 13.9. The zero-order chi connectivity index (χ0) is 22.0. The molecule has 4 rings (SSSR count). The molecule has 0 unspecified atom stereocenters. The van der Waals surface area contributed by atoms with E-state index in [2.05, 4.69) is 10.2 Å². The minimum absolute atomic E-state index is 0.0640. The zero-order valence-corrected chi connectivity index (χ0v) is 17.7. The lowest BCUT2D eigenvalue weighted by Crippen LogP contribution is -2.34. The fraction of sp³-hybridized carbons (Fsp3) is 0.318. The molecule has 0 radical (unpaired) electrons. The Balaban J connectivity index is 1.41.